The van der Waals surface area contributed by atoms with Crippen molar-refractivity contribution >= 4 is 21.8 Å². The van der Waals surface area contributed by atoms with Gasteiger partial charge in [-0.1, -0.05) is 15.9 Å². The minimum absolute atomic E-state index is 0.0129. The number of carbonyl (C=O) groups is 1. The molecule has 0 atom stereocenters. The van der Waals surface area contributed by atoms with Crippen LogP contribution in [-0.2, 0) is 0 Å². The molecule has 2 rings (SSSR count). The van der Waals surface area contributed by atoms with Crippen molar-refractivity contribution < 1.29 is 4.79 Å². The summed E-state index contributed by atoms with van der Waals surface area (Å²) in [5.41, 5.74) is 0.417. The summed E-state index contributed by atoms with van der Waals surface area (Å²) < 4.78 is 0.832. The molecule has 1 aromatic heterocycles. The van der Waals surface area contributed by atoms with Crippen LogP contribution in [0.1, 0.15) is 10.5 Å². The summed E-state index contributed by atoms with van der Waals surface area (Å²) in [6, 6.07) is 5.58. The fourth-order valence-corrected chi connectivity index (χ4v) is 1.74. The molecule has 15 heavy (non-hydrogen) atoms. The third-order valence-corrected chi connectivity index (χ3v) is 2.79. The second kappa shape index (κ2) is 3.99. The number of amides is 1. The number of likely N-dealkylation sites (tertiary alicyclic amines) is 1. The van der Waals surface area contributed by atoms with Crippen molar-refractivity contribution in [2.24, 2.45) is 5.92 Å². The summed E-state index contributed by atoms with van der Waals surface area (Å²) in [7, 11) is 0. The zero-order valence-corrected chi connectivity index (χ0v) is 9.44. The first-order valence-corrected chi connectivity index (χ1v) is 5.30. The highest BCUT2D eigenvalue weighted by Crippen LogP contribution is 2.18. The molecule has 0 radical (unpaired) electrons. The largest absolute Gasteiger partial charge is 0.335 e. The Morgan fingerprint density at radius 3 is 3.00 bits per heavy atom. The Morgan fingerprint density at radius 2 is 2.40 bits per heavy atom. The second-order valence-electron chi connectivity index (χ2n) is 3.40. The van der Waals surface area contributed by atoms with Gasteiger partial charge in [-0.2, -0.15) is 5.26 Å². The van der Waals surface area contributed by atoms with Gasteiger partial charge in [0.05, 0.1) is 12.0 Å². The Labute approximate surface area is 95.7 Å². The van der Waals surface area contributed by atoms with Crippen molar-refractivity contribution in [2.75, 3.05) is 13.1 Å². The van der Waals surface area contributed by atoms with Crippen molar-refractivity contribution in [2.45, 2.75) is 0 Å². The molecule has 0 N–H and O–H groups in total. The highest BCUT2D eigenvalue weighted by molar-refractivity contribution is 9.10. The number of aromatic nitrogens is 1. The van der Waals surface area contributed by atoms with Crippen LogP contribution in [0.5, 0.6) is 0 Å². The van der Waals surface area contributed by atoms with Crippen LogP contribution in [0.15, 0.2) is 22.8 Å². The number of pyridine rings is 1. The summed E-state index contributed by atoms with van der Waals surface area (Å²) in [5.74, 6) is -0.121. The summed E-state index contributed by atoms with van der Waals surface area (Å²) in [6.45, 7) is 1.03. The Hall–Kier alpha value is -1.41. The van der Waals surface area contributed by atoms with Gasteiger partial charge in [0.15, 0.2) is 0 Å². The zero-order valence-electron chi connectivity index (χ0n) is 7.85. The van der Waals surface area contributed by atoms with E-state index in [-0.39, 0.29) is 11.8 Å². The number of hydrogen-bond acceptors (Lipinski definition) is 3. The number of carbonyl (C=O) groups excluding carboxylic acids is 1. The fourth-order valence-electron chi connectivity index (χ4n) is 1.41. The minimum atomic E-state index is -0.109. The van der Waals surface area contributed by atoms with Crippen molar-refractivity contribution in [3.05, 3.63) is 28.5 Å². The van der Waals surface area contributed by atoms with Gasteiger partial charge in [-0.25, -0.2) is 0 Å². The second-order valence-corrected chi connectivity index (χ2v) is 4.31. The monoisotopic (exact) mass is 265 g/mol. The number of halogens is 1. The van der Waals surface area contributed by atoms with E-state index in [1.165, 1.54) is 0 Å². The average Bonchev–Trinajstić information content (AvgIpc) is 2.16. The molecule has 4 nitrogen and oxygen atoms in total. The number of nitrogens with zero attached hydrogens (tertiary/aromatic N) is 3. The number of nitriles is 1. The Balaban J connectivity index is 2.07. The van der Waals surface area contributed by atoms with Crippen LogP contribution in [0.2, 0.25) is 0 Å². The Kier molecular flexibility index (Phi) is 2.69. The Bertz CT molecular complexity index is 435. The smallest absolute Gasteiger partial charge is 0.272 e. The van der Waals surface area contributed by atoms with E-state index in [1.54, 1.807) is 23.2 Å². The van der Waals surface area contributed by atoms with Gasteiger partial charge in [0, 0.05) is 23.8 Å². The van der Waals surface area contributed by atoms with E-state index in [4.69, 9.17) is 5.26 Å². The molecule has 1 saturated heterocycles. The molecule has 1 aliphatic rings. The lowest BCUT2D eigenvalue weighted by Gasteiger charge is -2.34. The van der Waals surface area contributed by atoms with Crippen molar-refractivity contribution in [1.29, 1.82) is 5.26 Å². The van der Waals surface area contributed by atoms with Gasteiger partial charge in [-0.3, -0.25) is 9.78 Å². The van der Waals surface area contributed by atoms with E-state index in [0.29, 0.717) is 18.8 Å². The van der Waals surface area contributed by atoms with Gasteiger partial charge in [0.25, 0.3) is 5.91 Å². The lowest BCUT2D eigenvalue weighted by molar-refractivity contribution is 0.0571. The molecule has 1 fully saturated rings. The molecule has 76 valence electrons. The SMILES string of the molecule is N#CC1CN(C(=O)c2cc(Br)ccn2)C1. The molecule has 0 aromatic carbocycles. The van der Waals surface area contributed by atoms with Crippen LogP contribution in [0, 0.1) is 17.2 Å². The first-order valence-electron chi connectivity index (χ1n) is 4.51. The minimum Gasteiger partial charge on any atom is -0.335 e. The molecule has 0 bridgehead atoms. The van der Waals surface area contributed by atoms with Crippen molar-refractivity contribution in [3.63, 3.8) is 0 Å². The fraction of sp³-hybridized carbons (Fsp3) is 0.300. The number of rotatable bonds is 1. The third kappa shape index (κ3) is 2.00. The molecule has 0 saturated carbocycles. The normalized spacial score (nSPS) is 15.6. The third-order valence-electron chi connectivity index (χ3n) is 2.29. The standard InChI is InChI=1S/C10H8BrN3O/c11-8-1-2-13-9(3-8)10(15)14-5-7(4-12)6-14/h1-3,7H,5-6H2. The van der Waals surface area contributed by atoms with Crippen LogP contribution >= 0.6 is 15.9 Å². The average molecular weight is 266 g/mol. The molecule has 1 amide bonds. The van der Waals surface area contributed by atoms with E-state index in [9.17, 15) is 4.79 Å². The van der Waals surface area contributed by atoms with Crippen molar-refractivity contribution in [3.8, 4) is 6.07 Å². The predicted octanol–water partition coefficient (Wildman–Crippen LogP) is 1.44. The zero-order chi connectivity index (χ0) is 10.8. The molecule has 5 heteroatoms. The number of hydrogen-bond donors (Lipinski definition) is 0. The Morgan fingerprint density at radius 1 is 1.67 bits per heavy atom. The summed E-state index contributed by atoms with van der Waals surface area (Å²) >= 11 is 3.28. The van der Waals surface area contributed by atoms with E-state index >= 15 is 0 Å². The van der Waals surface area contributed by atoms with Gasteiger partial charge in [0.1, 0.15) is 5.69 Å². The van der Waals surface area contributed by atoms with Gasteiger partial charge in [-0.15, -0.1) is 0 Å². The first-order chi connectivity index (χ1) is 7.20. The summed E-state index contributed by atoms with van der Waals surface area (Å²) in [6.07, 6.45) is 1.58. The first kappa shape index (κ1) is 10.1. The van der Waals surface area contributed by atoms with Crippen LogP contribution in [0.25, 0.3) is 0 Å². The van der Waals surface area contributed by atoms with Crippen LogP contribution in [-0.4, -0.2) is 28.9 Å². The maximum Gasteiger partial charge on any atom is 0.272 e. The summed E-state index contributed by atoms with van der Waals surface area (Å²) in [5, 5.41) is 8.59. The topological polar surface area (TPSA) is 57.0 Å². The van der Waals surface area contributed by atoms with Gasteiger partial charge >= 0.3 is 0 Å². The van der Waals surface area contributed by atoms with E-state index in [1.807, 2.05) is 0 Å². The van der Waals surface area contributed by atoms with Crippen LogP contribution in [0.4, 0.5) is 0 Å². The van der Waals surface area contributed by atoms with Gasteiger partial charge in [0.2, 0.25) is 0 Å². The highest BCUT2D eigenvalue weighted by atomic mass is 79.9. The molecule has 1 aliphatic heterocycles. The maximum atomic E-state index is 11.8. The lowest BCUT2D eigenvalue weighted by Crippen LogP contribution is -2.49. The molecule has 1 aromatic rings. The molecular formula is C10H8BrN3O. The molecule has 2 heterocycles. The van der Waals surface area contributed by atoms with Crippen LogP contribution in [0.3, 0.4) is 0 Å². The summed E-state index contributed by atoms with van der Waals surface area (Å²) in [4.78, 5) is 17.4. The van der Waals surface area contributed by atoms with E-state index < -0.39 is 0 Å². The predicted molar refractivity (Wildman–Crippen MR) is 56.9 cm³/mol. The highest BCUT2D eigenvalue weighted by Gasteiger charge is 2.31. The van der Waals surface area contributed by atoms with Crippen LogP contribution < -0.4 is 0 Å². The van der Waals surface area contributed by atoms with Gasteiger partial charge < -0.3 is 4.90 Å². The lowest BCUT2D eigenvalue weighted by atomic mass is 10.0. The van der Waals surface area contributed by atoms with Gasteiger partial charge in [-0.05, 0) is 12.1 Å². The van der Waals surface area contributed by atoms with E-state index in [0.717, 1.165) is 4.47 Å². The molecular weight excluding hydrogens is 258 g/mol. The molecule has 0 unspecified atom stereocenters. The molecule has 0 spiro atoms. The van der Waals surface area contributed by atoms with E-state index in [2.05, 4.69) is 27.0 Å². The molecule has 0 aliphatic carbocycles. The quantitative estimate of drug-likeness (QED) is 0.772. The van der Waals surface area contributed by atoms with Crippen molar-refractivity contribution in [1.82, 2.24) is 9.88 Å². The maximum absolute atomic E-state index is 11.8.